The first-order valence-corrected chi connectivity index (χ1v) is 7.46. The first-order valence-electron chi connectivity index (χ1n) is 7.46. The number of likely N-dealkylation sites (N-methyl/N-ethyl adjacent to an activating group) is 1. The maximum absolute atomic E-state index is 12.5. The van der Waals surface area contributed by atoms with Crippen molar-refractivity contribution in [3.05, 3.63) is 0 Å². The van der Waals surface area contributed by atoms with Crippen molar-refractivity contribution in [3.8, 4) is 0 Å². The molecule has 0 aromatic heterocycles. The van der Waals surface area contributed by atoms with Crippen molar-refractivity contribution in [2.45, 2.75) is 44.3 Å². The molecule has 3 rings (SSSR count). The summed E-state index contributed by atoms with van der Waals surface area (Å²) in [7, 11) is 0. The van der Waals surface area contributed by atoms with Crippen molar-refractivity contribution in [3.63, 3.8) is 0 Å². The lowest BCUT2D eigenvalue weighted by atomic mass is 10.00. The van der Waals surface area contributed by atoms with Gasteiger partial charge in [-0.1, -0.05) is 6.92 Å². The van der Waals surface area contributed by atoms with E-state index in [1.54, 1.807) is 0 Å². The molecule has 3 fully saturated rings. The minimum Gasteiger partial charge on any atom is -0.481 e. The summed E-state index contributed by atoms with van der Waals surface area (Å²) in [4.78, 5) is 39.1. The van der Waals surface area contributed by atoms with Crippen molar-refractivity contribution in [2.75, 3.05) is 19.8 Å². The van der Waals surface area contributed by atoms with Crippen LogP contribution in [0.3, 0.4) is 0 Å². The van der Waals surface area contributed by atoms with Crippen LogP contribution in [0.4, 0.5) is 0 Å². The maximum Gasteiger partial charge on any atom is 0.310 e. The zero-order valence-corrected chi connectivity index (χ0v) is 12.0. The second-order valence-corrected chi connectivity index (χ2v) is 5.93. The smallest absolute Gasteiger partial charge is 0.310 e. The minimum absolute atomic E-state index is 0.0730. The Bertz CT molecular complexity index is 476. The Morgan fingerprint density at radius 1 is 1.38 bits per heavy atom. The highest BCUT2D eigenvalue weighted by Gasteiger charge is 2.51. The number of ether oxygens (including phenoxy) is 1. The van der Waals surface area contributed by atoms with E-state index in [2.05, 4.69) is 0 Å². The van der Waals surface area contributed by atoms with Gasteiger partial charge in [-0.05, 0) is 19.4 Å². The van der Waals surface area contributed by atoms with Gasteiger partial charge in [0.1, 0.15) is 0 Å². The molecule has 3 aliphatic rings. The predicted molar refractivity (Wildman–Crippen MR) is 71.4 cm³/mol. The average Bonchev–Trinajstić information content (AvgIpc) is 3.06. The molecule has 0 aromatic carbocycles. The summed E-state index contributed by atoms with van der Waals surface area (Å²) in [5.41, 5.74) is 0. The Labute approximate surface area is 122 Å². The van der Waals surface area contributed by atoms with Crippen molar-refractivity contribution in [1.82, 2.24) is 9.80 Å². The van der Waals surface area contributed by atoms with E-state index in [-0.39, 0.29) is 36.9 Å². The lowest BCUT2D eigenvalue weighted by Gasteiger charge is -2.33. The van der Waals surface area contributed by atoms with Crippen molar-refractivity contribution in [1.29, 1.82) is 0 Å². The summed E-state index contributed by atoms with van der Waals surface area (Å²) in [6.07, 6.45) is 1.94. The first-order chi connectivity index (χ1) is 10.0. The predicted octanol–water partition coefficient (Wildman–Crippen LogP) is -0.302. The van der Waals surface area contributed by atoms with Crippen LogP contribution in [0, 0.1) is 5.92 Å². The fourth-order valence-electron chi connectivity index (χ4n) is 3.40. The normalized spacial score (nSPS) is 33.2. The highest BCUT2D eigenvalue weighted by molar-refractivity contribution is 6.06. The van der Waals surface area contributed by atoms with Crippen LogP contribution in [0.1, 0.15) is 26.2 Å². The van der Waals surface area contributed by atoms with E-state index in [0.717, 1.165) is 12.8 Å². The lowest BCUT2D eigenvalue weighted by Crippen LogP contribution is -2.51. The fourth-order valence-corrected chi connectivity index (χ4v) is 3.40. The molecule has 2 saturated heterocycles. The zero-order chi connectivity index (χ0) is 15.1. The molecule has 1 aliphatic carbocycles. The van der Waals surface area contributed by atoms with Crippen LogP contribution in [0.15, 0.2) is 0 Å². The van der Waals surface area contributed by atoms with Gasteiger partial charge in [-0.15, -0.1) is 0 Å². The van der Waals surface area contributed by atoms with Gasteiger partial charge in [0.05, 0.1) is 31.6 Å². The third kappa shape index (κ3) is 2.44. The van der Waals surface area contributed by atoms with Gasteiger partial charge in [0.25, 0.3) is 0 Å². The van der Waals surface area contributed by atoms with E-state index < -0.39 is 17.9 Å². The highest BCUT2D eigenvalue weighted by atomic mass is 16.5. The molecule has 2 aliphatic heterocycles. The lowest BCUT2D eigenvalue weighted by molar-refractivity contribution is -0.145. The molecule has 21 heavy (non-hydrogen) atoms. The van der Waals surface area contributed by atoms with Crippen LogP contribution in [0.5, 0.6) is 0 Å². The Balaban J connectivity index is 1.78. The van der Waals surface area contributed by atoms with Crippen LogP contribution in [0.25, 0.3) is 0 Å². The van der Waals surface area contributed by atoms with Gasteiger partial charge >= 0.3 is 5.97 Å². The summed E-state index contributed by atoms with van der Waals surface area (Å²) < 4.78 is 5.29. The summed E-state index contributed by atoms with van der Waals surface area (Å²) in [5, 5.41) is 9.27. The molecule has 1 saturated carbocycles. The number of hydrogen-bond acceptors (Lipinski definition) is 5. The van der Waals surface area contributed by atoms with Crippen molar-refractivity contribution >= 4 is 17.8 Å². The largest absolute Gasteiger partial charge is 0.481 e. The number of carboxylic acids is 1. The number of imide groups is 1. The summed E-state index contributed by atoms with van der Waals surface area (Å²) >= 11 is 0. The molecular formula is C14H20N2O5. The van der Waals surface area contributed by atoms with Gasteiger partial charge in [0.2, 0.25) is 11.8 Å². The molecule has 1 N–H and O–H groups in total. The van der Waals surface area contributed by atoms with Gasteiger partial charge in [-0.25, -0.2) is 0 Å². The van der Waals surface area contributed by atoms with E-state index in [0.29, 0.717) is 13.2 Å². The Hall–Kier alpha value is -1.47. The molecule has 3 atom stereocenters. The van der Waals surface area contributed by atoms with Gasteiger partial charge in [-0.2, -0.15) is 0 Å². The Morgan fingerprint density at radius 2 is 2.10 bits per heavy atom. The number of rotatable bonds is 5. The van der Waals surface area contributed by atoms with Crippen molar-refractivity contribution in [2.24, 2.45) is 5.92 Å². The van der Waals surface area contributed by atoms with Crippen LogP contribution in [0.2, 0.25) is 0 Å². The monoisotopic (exact) mass is 296 g/mol. The minimum atomic E-state index is -0.910. The number of carboxylic acid groups (broad SMARTS) is 1. The molecular weight excluding hydrogens is 276 g/mol. The molecule has 0 spiro atoms. The third-order valence-electron chi connectivity index (χ3n) is 4.63. The van der Waals surface area contributed by atoms with E-state index in [9.17, 15) is 19.5 Å². The highest BCUT2D eigenvalue weighted by Crippen LogP contribution is 2.34. The number of amides is 2. The van der Waals surface area contributed by atoms with Crippen LogP contribution in [-0.4, -0.2) is 70.6 Å². The van der Waals surface area contributed by atoms with Crippen LogP contribution >= 0.6 is 0 Å². The molecule has 3 unspecified atom stereocenters. The molecule has 0 bridgehead atoms. The number of aliphatic carboxylic acids is 1. The molecule has 7 nitrogen and oxygen atoms in total. The van der Waals surface area contributed by atoms with E-state index in [4.69, 9.17) is 4.74 Å². The Kier molecular flexibility index (Phi) is 3.71. The maximum atomic E-state index is 12.5. The molecule has 116 valence electrons. The second-order valence-electron chi connectivity index (χ2n) is 5.93. The Morgan fingerprint density at radius 3 is 2.67 bits per heavy atom. The average molecular weight is 296 g/mol. The second kappa shape index (κ2) is 5.38. The standard InChI is InChI=1S/C14H20N2O5/c1-2-15(11-7-21-6-9(11)14(19)20)10-5-12(17)16(13(10)18)8-3-4-8/h8-11H,2-7H2,1H3,(H,19,20). The van der Waals surface area contributed by atoms with Crippen LogP contribution < -0.4 is 0 Å². The number of likely N-dealkylation sites (tertiary alicyclic amines) is 1. The number of carbonyl (C=O) groups excluding carboxylic acids is 2. The first kappa shape index (κ1) is 14.5. The fraction of sp³-hybridized carbons (Fsp3) is 0.786. The zero-order valence-electron chi connectivity index (χ0n) is 12.0. The molecule has 2 amide bonds. The molecule has 2 heterocycles. The number of hydrogen-bond donors (Lipinski definition) is 1. The van der Waals surface area contributed by atoms with E-state index in [1.165, 1.54) is 4.90 Å². The summed E-state index contributed by atoms with van der Waals surface area (Å²) in [6.45, 7) is 2.87. The van der Waals surface area contributed by atoms with Gasteiger partial charge < -0.3 is 9.84 Å². The number of carbonyl (C=O) groups is 3. The van der Waals surface area contributed by atoms with Crippen LogP contribution in [-0.2, 0) is 19.1 Å². The molecule has 0 radical (unpaired) electrons. The van der Waals surface area contributed by atoms with Gasteiger partial charge in [-0.3, -0.25) is 24.2 Å². The topological polar surface area (TPSA) is 87.2 Å². The SMILES string of the molecule is CCN(C1CC(=O)N(C2CC2)C1=O)C1COCC1C(=O)O. The molecule has 0 aromatic rings. The van der Waals surface area contributed by atoms with E-state index >= 15 is 0 Å². The van der Waals surface area contributed by atoms with Gasteiger partial charge in [0, 0.05) is 12.1 Å². The summed E-state index contributed by atoms with van der Waals surface area (Å²) in [5.74, 6) is -1.84. The molecule has 7 heteroatoms. The summed E-state index contributed by atoms with van der Waals surface area (Å²) in [6, 6.07) is -0.797. The quantitative estimate of drug-likeness (QED) is 0.701. The van der Waals surface area contributed by atoms with Crippen molar-refractivity contribution < 1.29 is 24.2 Å². The van der Waals surface area contributed by atoms with E-state index in [1.807, 2.05) is 11.8 Å². The third-order valence-corrected chi connectivity index (χ3v) is 4.63. The van der Waals surface area contributed by atoms with Gasteiger partial charge in [0.15, 0.2) is 0 Å². The number of nitrogens with zero attached hydrogens (tertiary/aromatic N) is 2.